The summed E-state index contributed by atoms with van der Waals surface area (Å²) in [7, 11) is 3.42. The van der Waals surface area contributed by atoms with Crippen LogP contribution in [0, 0.1) is 0 Å². The van der Waals surface area contributed by atoms with Crippen LogP contribution in [-0.2, 0) is 11.2 Å². The third kappa shape index (κ3) is 4.59. The minimum atomic E-state index is -0.220. The molecule has 126 valence electrons. The summed E-state index contributed by atoms with van der Waals surface area (Å²) in [6, 6.07) is 14.3. The van der Waals surface area contributed by atoms with Crippen LogP contribution in [0.25, 0.3) is 0 Å². The molecule has 0 bridgehead atoms. The Hall–Kier alpha value is -2.82. The van der Waals surface area contributed by atoms with Crippen LogP contribution in [0.15, 0.2) is 48.5 Å². The highest BCUT2D eigenvalue weighted by Crippen LogP contribution is 2.18. The van der Waals surface area contributed by atoms with Gasteiger partial charge in [0.2, 0.25) is 5.91 Å². The van der Waals surface area contributed by atoms with Gasteiger partial charge in [-0.1, -0.05) is 18.2 Å². The second-order valence-corrected chi connectivity index (χ2v) is 5.53. The maximum Gasteiger partial charge on any atom is 0.255 e. The van der Waals surface area contributed by atoms with E-state index in [2.05, 4.69) is 5.32 Å². The lowest BCUT2D eigenvalue weighted by Gasteiger charge is -2.14. The molecule has 2 rings (SSSR count). The van der Waals surface area contributed by atoms with Crippen molar-refractivity contribution >= 4 is 17.5 Å². The van der Waals surface area contributed by atoms with E-state index in [1.54, 1.807) is 44.4 Å². The van der Waals surface area contributed by atoms with Gasteiger partial charge in [0.25, 0.3) is 5.91 Å². The third-order valence-electron chi connectivity index (χ3n) is 3.53. The smallest absolute Gasteiger partial charge is 0.255 e. The molecule has 0 fully saturated rings. The molecule has 1 N–H and O–H groups in total. The molecule has 24 heavy (non-hydrogen) atoms. The molecule has 0 unspecified atom stereocenters. The predicted molar refractivity (Wildman–Crippen MR) is 94.4 cm³/mol. The van der Waals surface area contributed by atoms with Crippen LogP contribution in [0.4, 0.5) is 5.69 Å². The van der Waals surface area contributed by atoms with E-state index in [1.165, 1.54) is 4.90 Å². The summed E-state index contributed by atoms with van der Waals surface area (Å²) in [5.41, 5.74) is 1.97. The van der Waals surface area contributed by atoms with Crippen molar-refractivity contribution in [1.82, 2.24) is 4.90 Å². The van der Waals surface area contributed by atoms with Gasteiger partial charge < -0.3 is 15.0 Å². The number of ether oxygens (including phenoxy) is 1. The van der Waals surface area contributed by atoms with Gasteiger partial charge in [0.15, 0.2) is 0 Å². The monoisotopic (exact) mass is 326 g/mol. The van der Waals surface area contributed by atoms with Crippen molar-refractivity contribution in [2.24, 2.45) is 0 Å². The summed E-state index contributed by atoms with van der Waals surface area (Å²) in [5, 5.41) is 2.87. The van der Waals surface area contributed by atoms with Gasteiger partial charge in [-0.05, 0) is 42.8 Å². The van der Waals surface area contributed by atoms with Crippen LogP contribution in [-0.4, -0.2) is 37.4 Å². The number of rotatable bonds is 6. The van der Waals surface area contributed by atoms with Gasteiger partial charge in [-0.25, -0.2) is 0 Å². The lowest BCUT2D eigenvalue weighted by atomic mass is 10.1. The molecule has 2 aromatic carbocycles. The second kappa shape index (κ2) is 8.15. The lowest BCUT2D eigenvalue weighted by Crippen LogP contribution is -2.24. The first-order chi connectivity index (χ1) is 11.5. The summed E-state index contributed by atoms with van der Waals surface area (Å²) < 4.78 is 5.37. The van der Waals surface area contributed by atoms with Crippen molar-refractivity contribution in [3.8, 4) is 5.75 Å². The molecular weight excluding hydrogens is 304 g/mol. The number of hydrogen-bond donors (Lipinski definition) is 1. The van der Waals surface area contributed by atoms with Crippen molar-refractivity contribution in [2.75, 3.05) is 26.0 Å². The highest BCUT2D eigenvalue weighted by atomic mass is 16.5. The van der Waals surface area contributed by atoms with Gasteiger partial charge in [0.05, 0.1) is 13.0 Å². The average Bonchev–Trinajstić information content (AvgIpc) is 2.57. The van der Waals surface area contributed by atoms with Crippen molar-refractivity contribution < 1.29 is 14.3 Å². The van der Waals surface area contributed by atoms with Crippen LogP contribution in [0.5, 0.6) is 5.75 Å². The molecular formula is C19H22N2O3. The van der Waals surface area contributed by atoms with Crippen LogP contribution in [0.3, 0.4) is 0 Å². The first kappa shape index (κ1) is 17.5. The Morgan fingerprint density at radius 1 is 1.04 bits per heavy atom. The topological polar surface area (TPSA) is 58.6 Å². The number of amides is 2. The number of benzene rings is 2. The molecule has 2 aromatic rings. The van der Waals surface area contributed by atoms with Crippen molar-refractivity contribution in [3.63, 3.8) is 0 Å². The Bertz CT molecular complexity index is 709. The second-order valence-electron chi connectivity index (χ2n) is 5.53. The van der Waals surface area contributed by atoms with E-state index < -0.39 is 0 Å². The molecule has 0 atom stereocenters. The third-order valence-corrected chi connectivity index (χ3v) is 3.53. The van der Waals surface area contributed by atoms with Gasteiger partial charge in [-0.15, -0.1) is 0 Å². The highest BCUT2D eigenvalue weighted by Gasteiger charge is 2.12. The molecule has 0 radical (unpaired) electrons. The zero-order chi connectivity index (χ0) is 17.5. The van der Waals surface area contributed by atoms with Gasteiger partial charge in [-0.3, -0.25) is 9.59 Å². The van der Waals surface area contributed by atoms with Crippen LogP contribution < -0.4 is 10.1 Å². The largest absolute Gasteiger partial charge is 0.494 e. The van der Waals surface area contributed by atoms with Crippen molar-refractivity contribution in [1.29, 1.82) is 0 Å². The summed E-state index contributed by atoms with van der Waals surface area (Å²) in [6.45, 7) is 2.49. The fourth-order valence-corrected chi connectivity index (χ4v) is 2.18. The van der Waals surface area contributed by atoms with Crippen molar-refractivity contribution in [2.45, 2.75) is 13.3 Å². The summed E-state index contributed by atoms with van der Waals surface area (Å²) in [4.78, 5) is 25.9. The number of hydrogen-bond acceptors (Lipinski definition) is 3. The summed E-state index contributed by atoms with van der Waals surface area (Å²) >= 11 is 0. The van der Waals surface area contributed by atoms with E-state index in [0.29, 0.717) is 17.9 Å². The molecule has 5 nitrogen and oxygen atoms in total. The fraction of sp³-hybridized carbons (Fsp3) is 0.263. The molecule has 5 heteroatoms. The number of nitrogens with zero attached hydrogens (tertiary/aromatic N) is 1. The molecule has 0 aliphatic rings. The first-order valence-corrected chi connectivity index (χ1v) is 7.83. The van der Waals surface area contributed by atoms with E-state index in [1.807, 2.05) is 25.1 Å². The first-order valence-electron chi connectivity index (χ1n) is 7.83. The summed E-state index contributed by atoms with van der Waals surface area (Å²) in [6.07, 6.45) is 0.243. The minimum absolute atomic E-state index is 0.0160. The van der Waals surface area contributed by atoms with Gasteiger partial charge in [0, 0.05) is 25.3 Å². The van der Waals surface area contributed by atoms with E-state index in [-0.39, 0.29) is 18.2 Å². The number of anilines is 1. The molecule has 0 saturated heterocycles. The standard InChI is InChI=1S/C19H22N2O3/c1-4-24-16-11-9-14(10-12-16)19(23)20-17-8-6-5-7-15(17)13-18(22)21(2)3/h5-12H,4,13H2,1-3H3,(H,20,23). The van der Waals surface area contributed by atoms with E-state index in [4.69, 9.17) is 4.74 Å². The number of nitrogens with one attached hydrogen (secondary N) is 1. The van der Waals surface area contributed by atoms with Crippen LogP contribution >= 0.6 is 0 Å². The van der Waals surface area contributed by atoms with E-state index in [0.717, 1.165) is 11.3 Å². The number of carbonyl (C=O) groups is 2. The van der Waals surface area contributed by atoms with E-state index in [9.17, 15) is 9.59 Å². The zero-order valence-electron chi connectivity index (χ0n) is 14.2. The Labute approximate surface area is 142 Å². The normalized spacial score (nSPS) is 10.1. The SMILES string of the molecule is CCOc1ccc(C(=O)Nc2ccccc2CC(=O)N(C)C)cc1. The quantitative estimate of drug-likeness (QED) is 0.888. The Balaban J connectivity index is 2.12. The predicted octanol–water partition coefficient (Wildman–Crippen LogP) is 2.97. The molecule has 0 aliphatic carbocycles. The average molecular weight is 326 g/mol. The lowest BCUT2D eigenvalue weighted by molar-refractivity contribution is -0.127. The van der Waals surface area contributed by atoms with Crippen LogP contribution in [0.1, 0.15) is 22.8 Å². The van der Waals surface area contributed by atoms with Gasteiger partial charge in [-0.2, -0.15) is 0 Å². The number of likely N-dealkylation sites (N-methyl/N-ethyl adjacent to an activating group) is 1. The maximum absolute atomic E-state index is 12.4. The zero-order valence-corrected chi connectivity index (χ0v) is 14.2. The van der Waals surface area contributed by atoms with Gasteiger partial charge >= 0.3 is 0 Å². The molecule has 0 spiro atoms. The van der Waals surface area contributed by atoms with Crippen LogP contribution in [0.2, 0.25) is 0 Å². The number of para-hydroxylation sites is 1. The highest BCUT2D eigenvalue weighted by molar-refractivity contribution is 6.05. The molecule has 2 amide bonds. The van der Waals surface area contributed by atoms with Gasteiger partial charge in [0.1, 0.15) is 5.75 Å². The minimum Gasteiger partial charge on any atom is -0.494 e. The maximum atomic E-state index is 12.4. The van der Waals surface area contributed by atoms with Crippen molar-refractivity contribution in [3.05, 3.63) is 59.7 Å². The molecule has 0 aromatic heterocycles. The molecule has 0 aliphatic heterocycles. The Morgan fingerprint density at radius 3 is 2.33 bits per heavy atom. The summed E-state index contributed by atoms with van der Waals surface area (Å²) in [5.74, 6) is 0.492. The molecule has 0 heterocycles. The Kier molecular flexibility index (Phi) is 5.95. The molecule has 0 saturated carbocycles. The van der Waals surface area contributed by atoms with E-state index >= 15 is 0 Å². The number of carbonyl (C=O) groups excluding carboxylic acids is 2. The Morgan fingerprint density at radius 2 is 1.71 bits per heavy atom. The fourth-order valence-electron chi connectivity index (χ4n) is 2.18.